The van der Waals surface area contributed by atoms with E-state index in [1.165, 1.54) is 47.7 Å². The van der Waals surface area contributed by atoms with E-state index in [-0.39, 0.29) is 47.2 Å². The summed E-state index contributed by atoms with van der Waals surface area (Å²) < 4.78 is 53.3. The van der Waals surface area contributed by atoms with Crippen LogP contribution in [0.3, 0.4) is 0 Å². The van der Waals surface area contributed by atoms with Gasteiger partial charge in [-0.15, -0.1) is 0 Å². The first-order valence-corrected chi connectivity index (χ1v) is 15.0. The molecule has 0 aliphatic carbocycles. The van der Waals surface area contributed by atoms with Crippen LogP contribution in [0, 0.1) is 5.82 Å². The zero-order valence-corrected chi connectivity index (χ0v) is 23.6. The number of amides is 1. The van der Waals surface area contributed by atoms with Gasteiger partial charge < -0.3 is 18.6 Å². The number of hydrogen-bond acceptors (Lipinski definition) is 6. The Morgan fingerprint density at radius 3 is 2.60 bits per heavy atom. The molecule has 0 radical (unpaired) electrons. The molecule has 8 nitrogen and oxygen atoms in total. The minimum absolute atomic E-state index is 0.0181. The Kier molecular flexibility index (Phi) is 8.60. The highest BCUT2D eigenvalue weighted by atomic mass is 35.5. The number of halogens is 3. The zero-order valence-electron chi connectivity index (χ0n) is 21.3. The molecule has 0 N–H and O–H groups in total. The van der Waals surface area contributed by atoms with Gasteiger partial charge in [0.1, 0.15) is 11.6 Å². The van der Waals surface area contributed by atoms with E-state index < -0.39 is 21.6 Å². The van der Waals surface area contributed by atoms with Gasteiger partial charge in [0, 0.05) is 11.6 Å². The van der Waals surface area contributed by atoms with E-state index in [4.69, 9.17) is 32.4 Å². The zero-order chi connectivity index (χ0) is 28.3. The average Bonchev–Trinajstić information content (AvgIpc) is 3.69. The standard InChI is InChI=1S/C28H26Cl2FN3O5S/c29-20-7-10-25(26(30)13-20)27(35)33(16-23-3-1-11-38-23)15-22-14-32-28(34(22)17-24-4-2-12-39-24)40(36,37)18-19-5-8-21(31)9-6-19/h1,3,5-11,13-14,24H,2,4,12,15-18H2/t24-/m1/s1. The number of furan rings is 1. The largest absolute Gasteiger partial charge is 0.467 e. The Morgan fingerprint density at radius 2 is 1.93 bits per heavy atom. The summed E-state index contributed by atoms with van der Waals surface area (Å²) in [6.45, 7) is 0.958. The fourth-order valence-electron chi connectivity index (χ4n) is 4.64. The molecular formula is C28H26Cl2FN3O5S. The highest BCUT2D eigenvalue weighted by Crippen LogP contribution is 2.26. The van der Waals surface area contributed by atoms with Crippen LogP contribution >= 0.6 is 23.2 Å². The number of carbonyl (C=O) groups excluding carboxylic acids is 1. The van der Waals surface area contributed by atoms with E-state index in [2.05, 4.69) is 4.98 Å². The van der Waals surface area contributed by atoms with E-state index >= 15 is 0 Å². The second-order valence-corrected chi connectivity index (χ2v) is 12.3. The van der Waals surface area contributed by atoms with E-state index in [0.717, 1.165) is 12.8 Å². The molecule has 210 valence electrons. The molecular weight excluding hydrogens is 580 g/mol. The lowest BCUT2D eigenvalue weighted by Gasteiger charge is -2.24. The summed E-state index contributed by atoms with van der Waals surface area (Å²) in [5, 5.41) is 0.444. The lowest BCUT2D eigenvalue weighted by atomic mass is 10.2. The van der Waals surface area contributed by atoms with Gasteiger partial charge in [0.2, 0.25) is 15.0 Å². The van der Waals surface area contributed by atoms with Crippen molar-refractivity contribution >= 4 is 38.9 Å². The summed E-state index contributed by atoms with van der Waals surface area (Å²) in [6, 6.07) is 13.4. The van der Waals surface area contributed by atoms with Crippen molar-refractivity contribution in [1.82, 2.24) is 14.5 Å². The number of sulfone groups is 1. The molecule has 0 spiro atoms. The third kappa shape index (κ3) is 6.58. The summed E-state index contributed by atoms with van der Waals surface area (Å²) in [5.74, 6) is -0.665. The van der Waals surface area contributed by atoms with Crippen LogP contribution in [0.4, 0.5) is 4.39 Å². The predicted molar refractivity (Wildman–Crippen MR) is 147 cm³/mol. The van der Waals surface area contributed by atoms with Gasteiger partial charge in [0.25, 0.3) is 5.91 Å². The fraction of sp³-hybridized carbons (Fsp3) is 0.286. The average molecular weight is 607 g/mol. The first kappa shape index (κ1) is 28.4. The molecule has 12 heteroatoms. The van der Waals surface area contributed by atoms with Gasteiger partial charge in [0.05, 0.1) is 60.2 Å². The monoisotopic (exact) mass is 605 g/mol. The summed E-state index contributed by atoms with van der Waals surface area (Å²) in [6.07, 6.45) is 4.40. The Bertz CT molecular complexity index is 1580. The van der Waals surface area contributed by atoms with Crippen LogP contribution in [-0.4, -0.2) is 41.5 Å². The van der Waals surface area contributed by atoms with Crippen molar-refractivity contribution in [1.29, 1.82) is 0 Å². The second kappa shape index (κ2) is 12.1. The Balaban J connectivity index is 1.50. The van der Waals surface area contributed by atoms with Gasteiger partial charge in [-0.2, -0.15) is 0 Å². The van der Waals surface area contributed by atoms with Gasteiger partial charge in [-0.3, -0.25) is 4.79 Å². The molecule has 2 aromatic carbocycles. The van der Waals surface area contributed by atoms with Crippen molar-refractivity contribution < 1.29 is 26.8 Å². The lowest BCUT2D eigenvalue weighted by Crippen LogP contribution is -2.32. The number of aromatic nitrogens is 2. The molecule has 2 aromatic heterocycles. The van der Waals surface area contributed by atoms with Gasteiger partial charge in [0.15, 0.2) is 0 Å². The molecule has 3 heterocycles. The van der Waals surface area contributed by atoms with Crippen LogP contribution in [0.25, 0.3) is 0 Å². The summed E-state index contributed by atoms with van der Waals surface area (Å²) in [7, 11) is -3.93. The molecule has 1 aliphatic rings. The molecule has 1 aliphatic heterocycles. The van der Waals surface area contributed by atoms with Crippen LogP contribution in [-0.2, 0) is 40.0 Å². The Labute approximate surface area is 241 Å². The minimum atomic E-state index is -3.93. The summed E-state index contributed by atoms with van der Waals surface area (Å²) >= 11 is 12.4. The molecule has 4 aromatic rings. The first-order valence-electron chi connectivity index (χ1n) is 12.6. The number of ether oxygens (including phenoxy) is 1. The van der Waals surface area contributed by atoms with Crippen LogP contribution in [0.1, 0.15) is 40.2 Å². The van der Waals surface area contributed by atoms with Gasteiger partial charge in [-0.1, -0.05) is 35.3 Å². The van der Waals surface area contributed by atoms with Crippen molar-refractivity contribution in [2.24, 2.45) is 0 Å². The number of imidazole rings is 1. The molecule has 40 heavy (non-hydrogen) atoms. The van der Waals surface area contributed by atoms with Crippen molar-refractivity contribution in [3.63, 3.8) is 0 Å². The van der Waals surface area contributed by atoms with E-state index in [1.807, 2.05) is 0 Å². The maximum Gasteiger partial charge on any atom is 0.256 e. The fourth-order valence-corrected chi connectivity index (χ4v) is 6.63. The van der Waals surface area contributed by atoms with Gasteiger partial charge in [-0.05, 0) is 60.9 Å². The summed E-state index contributed by atoms with van der Waals surface area (Å²) in [5.41, 5.74) is 1.17. The highest BCUT2D eigenvalue weighted by molar-refractivity contribution is 7.90. The minimum Gasteiger partial charge on any atom is -0.467 e. The van der Waals surface area contributed by atoms with Gasteiger partial charge in [-0.25, -0.2) is 17.8 Å². The second-order valence-electron chi connectivity index (χ2n) is 9.53. The smallest absolute Gasteiger partial charge is 0.256 e. The van der Waals surface area contributed by atoms with Crippen LogP contribution in [0.2, 0.25) is 10.0 Å². The third-order valence-corrected chi connectivity index (χ3v) is 8.73. The molecule has 0 unspecified atom stereocenters. The highest BCUT2D eigenvalue weighted by Gasteiger charge is 2.29. The van der Waals surface area contributed by atoms with Crippen LogP contribution in [0.15, 0.2) is 76.6 Å². The van der Waals surface area contributed by atoms with E-state index in [0.29, 0.717) is 28.6 Å². The number of benzene rings is 2. The Hall–Kier alpha value is -3.18. The molecule has 0 bridgehead atoms. The maximum atomic E-state index is 13.7. The lowest BCUT2D eigenvalue weighted by molar-refractivity contribution is 0.0706. The molecule has 1 fully saturated rings. The van der Waals surface area contributed by atoms with Crippen molar-refractivity contribution in [3.05, 3.63) is 106 Å². The summed E-state index contributed by atoms with van der Waals surface area (Å²) in [4.78, 5) is 19.5. The molecule has 1 saturated heterocycles. The first-order chi connectivity index (χ1) is 19.2. The Morgan fingerprint density at radius 1 is 1.12 bits per heavy atom. The normalized spacial score (nSPS) is 15.4. The number of carbonyl (C=O) groups is 1. The van der Waals surface area contributed by atoms with Crippen molar-refractivity contribution in [3.8, 4) is 0 Å². The van der Waals surface area contributed by atoms with Crippen molar-refractivity contribution in [2.45, 2.75) is 49.5 Å². The topological polar surface area (TPSA) is 94.6 Å². The van der Waals surface area contributed by atoms with Gasteiger partial charge >= 0.3 is 0 Å². The van der Waals surface area contributed by atoms with E-state index in [1.54, 1.807) is 28.8 Å². The predicted octanol–water partition coefficient (Wildman–Crippen LogP) is 5.92. The molecule has 1 atom stereocenters. The number of nitrogens with zero attached hydrogens (tertiary/aromatic N) is 3. The number of rotatable bonds is 10. The molecule has 1 amide bonds. The van der Waals surface area contributed by atoms with Crippen LogP contribution in [0.5, 0.6) is 0 Å². The van der Waals surface area contributed by atoms with E-state index in [9.17, 15) is 17.6 Å². The number of hydrogen-bond donors (Lipinski definition) is 0. The quantitative estimate of drug-likeness (QED) is 0.223. The molecule has 5 rings (SSSR count). The SMILES string of the molecule is O=C(c1ccc(Cl)cc1Cl)N(Cc1ccco1)Cc1cnc(S(=O)(=O)Cc2ccc(F)cc2)n1C[C@H]1CCCO1. The van der Waals surface area contributed by atoms with Crippen LogP contribution < -0.4 is 0 Å². The third-order valence-electron chi connectivity index (χ3n) is 6.59. The molecule has 0 saturated carbocycles. The maximum absolute atomic E-state index is 13.7. The van der Waals surface area contributed by atoms with Crippen molar-refractivity contribution in [2.75, 3.05) is 6.61 Å².